The van der Waals surface area contributed by atoms with Gasteiger partial charge in [-0.15, -0.1) is 0 Å². The normalized spacial score (nSPS) is 11.7. The second kappa shape index (κ2) is 5.09. The van der Waals surface area contributed by atoms with Crippen LogP contribution in [0.5, 0.6) is 0 Å². The van der Waals surface area contributed by atoms with Gasteiger partial charge >= 0.3 is 0 Å². The van der Waals surface area contributed by atoms with E-state index >= 15 is 0 Å². The quantitative estimate of drug-likeness (QED) is 0.801. The largest absolute Gasteiger partial charge is 0.351 e. The molecule has 0 radical (unpaired) electrons. The lowest BCUT2D eigenvalue weighted by Crippen LogP contribution is -2.13. The van der Waals surface area contributed by atoms with Gasteiger partial charge in [0.1, 0.15) is 4.90 Å². The zero-order valence-electron chi connectivity index (χ0n) is 11.2. The van der Waals surface area contributed by atoms with Gasteiger partial charge in [-0.3, -0.25) is 4.72 Å². The molecular formula is C15H13ClN2O2S. The van der Waals surface area contributed by atoms with Crippen molar-refractivity contribution in [1.29, 1.82) is 0 Å². The summed E-state index contributed by atoms with van der Waals surface area (Å²) < 4.78 is 29.3. The number of hydrogen-bond acceptors (Lipinski definition) is 2. The Morgan fingerprint density at radius 3 is 2.62 bits per heavy atom. The molecule has 0 fully saturated rings. The first-order valence-corrected chi connectivity index (χ1v) is 8.16. The van der Waals surface area contributed by atoms with Crippen LogP contribution >= 0.6 is 11.6 Å². The van der Waals surface area contributed by atoms with Gasteiger partial charge in [0.25, 0.3) is 10.0 Å². The topological polar surface area (TPSA) is 51.1 Å². The number of benzene rings is 2. The molecule has 21 heavy (non-hydrogen) atoms. The van der Waals surface area contributed by atoms with E-state index in [9.17, 15) is 8.42 Å². The molecule has 1 aromatic heterocycles. The molecule has 0 aliphatic heterocycles. The highest BCUT2D eigenvalue weighted by Crippen LogP contribution is 2.25. The summed E-state index contributed by atoms with van der Waals surface area (Å²) >= 11 is 5.95. The Hall–Kier alpha value is -1.98. The van der Waals surface area contributed by atoms with E-state index in [1.807, 2.05) is 29.9 Å². The minimum Gasteiger partial charge on any atom is -0.351 e. The Kier molecular flexibility index (Phi) is 3.39. The van der Waals surface area contributed by atoms with Gasteiger partial charge < -0.3 is 4.57 Å². The summed E-state index contributed by atoms with van der Waals surface area (Å²) in [6.07, 6.45) is 1.93. The molecule has 6 heteroatoms. The van der Waals surface area contributed by atoms with Crippen LogP contribution in [0, 0.1) is 0 Å². The molecule has 0 amide bonds. The Labute approximate surface area is 128 Å². The van der Waals surface area contributed by atoms with Gasteiger partial charge in [-0.2, -0.15) is 0 Å². The third kappa shape index (κ3) is 2.62. The first-order chi connectivity index (χ1) is 9.97. The highest BCUT2D eigenvalue weighted by Gasteiger charge is 2.17. The van der Waals surface area contributed by atoms with E-state index in [2.05, 4.69) is 4.72 Å². The smallest absolute Gasteiger partial charge is 0.263 e. The van der Waals surface area contributed by atoms with Gasteiger partial charge in [0, 0.05) is 29.8 Å². The Balaban J connectivity index is 1.99. The number of nitrogens with zero attached hydrogens (tertiary/aromatic N) is 1. The van der Waals surface area contributed by atoms with Gasteiger partial charge in [-0.05, 0) is 36.4 Å². The van der Waals surface area contributed by atoms with Gasteiger partial charge in [0.15, 0.2) is 0 Å². The highest BCUT2D eigenvalue weighted by atomic mass is 35.5. The monoisotopic (exact) mass is 320 g/mol. The third-order valence-corrected chi connectivity index (χ3v) is 5.14. The third-order valence-electron chi connectivity index (χ3n) is 3.26. The van der Waals surface area contributed by atoms with Crippen molar-refractivity contribution in [3.63, 3.8) is 0 Å². The van der Waals surface area contributed by atoms with Crippen molar-refractivity contribution in [2.24, 2.45) is 7.05 Å². The molecule has 1 heterocycles. The lowest BCUT2D eigenvalue weighted by molar-refractivity contribution is 0.601. The van der Waals surface area contributed by atoms with E-state index in [1.165, 1.54) is 6.07 Å². The zero-order valence-corrected chi connectivity index (χ0v) is 12.8. The van der Waals surface area contributed by atoms with Crippen LogP contribution in [0.15, 0.2) is 59.6 Å². The SMILES string of the molecule is Cn1ccc2cc(NS(=O)(=O)c3ccccc3Cl)ccc21. The van der Waals surface area contributed by atoms with E-state index in [0.29, 0.717) is 5.69 Å². The van der Waals surface area contributed by atoms with E-state index < -0.39 is 10.0 Å². The summed E-state index contributed by atoms with van der Waals surface area (Å²) in [6.45, 7) is 0. The molecule has 108 valence electrons. The Morgan fingerprint density at radius 2 is 1.86 bits per heavy atom. The lowest BCUT2D eigenvalue weighted by atomic mass is 10.2. The maximum Gasteiger partial charge on any atom is 0.263 e. The molecule has 0 saturated heterocycles. The van der Waals surface area contributed by atoms with Gasteiger partial charge in [-0.1, -0.05) is 23.7 Å². The average molecular weight is 321 g/mol. The fraction of sp³-hybridized carbons (Fsp3) is 0.0667. The van der Waals surface area contributed by atoms with Crippen LogP contribution in [0.1, 0.15) is 0 Å². The number of rotatable bonds is 3. The van der Waals surface area contributed by atoms with Crippen molar-refractivity contribution in [3.05, 3.63) is 59.8 Å². The molecule has 0 spiro atoms. The summed E-state index contributed by atoms with van der Waals surface area (Å²) in [5.74, 6) is 0. The number of fused-ring (bicyclic) bond motifs is 1. The Bertz CT molecular complexity index is 916. The molecule has 2 aromatic carbocycles. The van der Waals surface area contributed by atoms with Crippen molar-refractivity contribution in [3.8, 4) is 0 Å². The summed E-state index contributed by atoms with van der Waals surface area (Å²) in [5.41, 5.74) is 1.55. The fourth-order valence-electron chi connectivity index (χ4n) is 2.22. The molecule has 3 rings (SSSR count). The van der Waals surface area contributed by atoms with Gasteiger partial charge in [0.05, 0.1) is 5.02 Å². The molecule has 3 aromatic rings. The van der Waals surface area contributed by atoms with Gasteiger partial charge in [-0.25, -0.2) is 8.42 Å². The molecule has 0 aliphatic carbocycles. The molecule has 0 aliphatic rings. The van der Waals surface area contributed by atoms with E-state index in [-0.39, 0.29) is 9.92 Å². The fourth-order valence-corrected chi connectivity index (χ4v) is 3.79. The number of halogens is 1. The summed E-state index contributed by atoms with van der Waals surface area (Å²) in [7, 11) is -1.75. The molecule has 1 N–H and O–H groups in total. The number of sulfonamides is 1. The predicted octanol–water partition coefficient (Wildman–Crippen LogP) is 3.63. The van der Waals surface area contributed by atoms with Crippen molar-refractivity contribution in [2.45, 2.75) is 4.90 Å². The lowest BCUT2D eigenvalue weighted by Gasteiger charge is -2.09. The summed E-state index contributed by atoms with van der Waals surface area (Å²) in [5, 5.41) is 1.17. The van der Waals surface area contributed by atoms with E-state index in [1.54, 1.807) is 30.3 Å². The second-order valence-electron chi connectivity index (χ2n) is 4.74. The van der Waals surface area contributed by atoms with Crippen molar-refractivity contribution in [2.75, 3.05) is 4.72 Å². The van der Waals surface area contributed by atoms with Crippen molar-refractivity contribution >= 4 is 38.2 Å². The van der Waals surface area contributed by atoms with Crippen LogP contribution in [0.4, 0.5) is 5.69 Å². The van der Waals surface area contributed by atoms with Crippen LogP contribution in [-0.2, 0) is 17.1 Å². The van der Waals surface area contributed by atoms with Crippen molar-refractivity contribution < 1.29 is 8.42 Å². The maximum atomic E-state index is 12.4. The van der Waals surface area contributed by atoms with Crippen molar-refractivity contribution in [1.82, 2.24) is 4.57 Å². The molecule has 0 unspecified atom stereocenters. The molecule has 0 atom stereocenters. The minimum atomic E-state index is -3.69. The number of aromatic nitrogens is 1. The molecular weight excluding hydrogens is 308 g/mol. The Morgan fingerprint density at radius 1 is 1.10 bits per heavy atom. The first-order valence-electron chi connectivity index (χ1n) is 6.30. The van der Waals surface area contributed by atoms with Crippen LogP contribution in [0.3, 0.4) is 0 Å². The van der Waals surface area contributed by atoms with Crippen LogP contribution in [-0.4, -0.2) is 13.0 Å². The minimum absolute atomic E-state index is 0.0693. The van der Waals surface area contributed by atoms with Crippen LogP contribution in [0.25, 0.3) is 10.9 Å². The van der Waals surface area contributed by atoms with Gasteiger partial charge in [0.2, 0.25) is 0 Å². The molecule has 0 saturated carbocycles. The van der Waals surface area contributed by atoms with E-state index in [4.69, 9.17) is 11.6 Å². The number of aryl methyl sites for hydroxylation is 1. The predicted molar refractivity (Wildman–Crippen MR) is 85.2 cm³/mol. The van der Waals surface area contributed by atoms with Crippen LogP contribution in [0.2, 0.25) is 5.02 Å². The standard InChI is InChI=1S/C15H13ClN2O2S/c1-18-9-8-11-10-12(6-7-14(11)18)17-21(19,20)15-5-3-2-4-13(15)16/h2-10,17H,1H3. The zero-order chi connectivity index (χ0) is 15.0. The summed E-state index contributed by atoms with van der Waals surface area (Å²) in [4.78, 5) is 0.0693. The first kappa shape index (κ1) is 14.0. The summed E-state index contributed by atoms with van der Waals surface area (Å²) in [6, 6.07) is 13.7. The highest BCUT2D eigenvalue weighted by molar-refractivity contribution is 7.92. The maximum absolute atomic E-state index is 12.4. The van der Waals surface area contributed by atoms with Crippen LogP contribution < -0.4 is 4.72 Å². The van der Waals surface area contributed by atoms with E-state index in [0.717, 1.165) is 10.9 Å². The number of anilines is 1. The number of nitrogens with one attached hydrogen (secondary N) is 1. The second-order valence-corrected chi connectivity index (χ2v) is 6.79. The molecule has 0 bridgehead atoms. The average Bonchev–Trinajstić information content (AvgIpc) is 2.80. The number of hydrogen-bond donors (Lipinski definition) is 1. The molecule has 4 nitrogen and oxygen atoms in total.